The second-order valence-electron chi connectivity index (χ2n) is 5.17. The van der Waals surface area contributed by atoms with Crippen LogP contribution in [-0.2, 0) is 0 Å². The Morgan fingerprint density at radius 1 is 1.00 bits per heavy atom. The van der Waals surface area contributed by atoms with Gasteiger partial charge in [0.05, 0.1) is 6.61 Å². The van der Waals surface area contributed by atoms with Gasteiger partial charge in [0.25, 0.3) is 0 Å². The topological polar surface area (TPSA) is 24.5 Å². The van der Waals surface area contributed by atoms with Crippen molar-refractivity contribution in [3.63, 3.8) is 0 Å². The molecule has 1 heterocycles. The monoisotopic (exact) mass is 262 g/mol. The zero-order chi connectivity index (χ0) is 13.2. The van der Waals surface area contributed by atoms with E-state index in [0.29, 0.717) is 0 Å². The maximum absolute atomic E-state index is 5.65. The van der Waals surface area contributed by atoms with Crippen LogP contribution in [0.15, 0.2) is 30.3 Å². The quantitative estimate of drug-likeness (QED) is 0.692. The van der Waals surface area contributed by atoms with Crippen LogP contribution in [0, 0.1) is 0 Å². The van der Waals surface area contributed by atoms with Gasteiger partial charge in [0.2, 0.25) is 0 Å². The molecule has 1 aromatic rings. The second kappa shape index (κ2) is 8.94. The van der Waals surface area contributed by atoms with Gasteiger partial charge in [-0.2, -0.15) is 0 Å². The molecule has 0 unspecified atom stereocenters. The third-order valence-corrected chi connectivity index (χ3v) is 3.54. The van der Waals surface area contributed by atoms with Crippen LogP contribution in [0.2, 0.25) is 0 Å². The molecule has 1 aliphatic rings. The van der Waals surface area contributed by atoms with E-state index in [-0.39, 0.29) is 0 Å². The van der Waals surface area contributed by atoms with E-state index in [2.05, 4.69) is 10.2 Å². The standard InChI is InChI=1S/C16H26N2O/c1-2-8-16(9-3-1)19-15-7-11-17-10-6-14-18-12-4-5-13-18/h1-3,8-9,17H,4-7,10-15H2. The first-order chi connectivity index (χ1) is 9.45. The number of para-hydroxylation sites is 1. The number of hydrogen-bond donors (Lipinski definition) is 1. The van der Waals surface area contributed by atoms with Gasteiger partial charge >= 0.3 is 0 Å². The number of hydrogen-bond acceptors (Lipinski definition) is 3. The Hall–Kier alpha value is -1.06. The van der Waals surface area contributed by atoms with Crippen LogP contribution in [0.4, 0.5) is 0 Å². The summed E-state index contributed by atoms with van der Waals surface area (Å²) in [7, 11) is 0. The highest BCUT2D eigenvalue weighted by Gasteiger charge is 2.09. The number of likely N-dealkylation sites (tertiary alicyclic amines) is 1. The van der Waals surface area contributed by atoms with Crippen LogP contribution < -0.4 is 10.1 Å². The average Bonchev–Trinajstić information content (AvgIpc) is 2.96. The Morgan fingerprint density at radius 2 is 1.74 bits per heavy atom. The van der Waals surface area contributed by atoms with Crippen molar-refractivity contribution >= 4 is 0 Å². The molecule has 0 radical (unpaired) electrons. The maximum atomic E-state index is 5.65. The molecular weight excluding hydrogens is 236 g/mol. The first-order valence-corrected chi connectivity index (χ1v) is 7.56. The number of nitrogens with one attached hydrogen (secondary N) is 1. The summed E-state index contributed by atoms with van der Waals surface area (Å²) >= 11 is 0. The highest BCUT2D eigenvalue weighted by molar-refractivity contribution is 5.20. The maximum Gasteiger partial charge on any atom is 0.119 e. The van der Waals surface area contributed by atoms with Crippen molar-refractivity contribution in [2.45, 2.75) is 25.7 Å². The van der Waals surface area contributed by atoms with Crippen molar-refractivity contribution in [2.75, 3.05) is 39.3 Å². The molecular formula is C16H26N2O. The molecule has 1 aromatic carbocycles. The van der Waals surface area contributed by atoms with E-state index in [4.69, 9.17) is 4.74 Å². The Labute approximate surface area is 116 Å². The summed E-state index contributed by atoms with van der Waals surface area (Å²) in [5.41, 5.74) is 0. The lowest BCUT2D eigenvalue weighted by atomic mass is 10.3. The molecule has 19 heavy (non-hydrogen) atoms. The van der Waals surface area contributed by atoms with Crippen molar-refractivity contribution in [3.05, 3.63) is 30.3 Å². The van der Waals surface area contributed by atoms with Gasteiger partial charge in [0, 0.05) is 0 Å². The zero-order valence-electron chi connectivity index (χ0n) is 11.8. The summed E-state index contributed by atoms with van der Waals surface area (Å²) in [6.45, 7) is 6.85. The highest BCUT2D eigenvalue weighted by atomic mass is 16.5. The normalized spacial score (nSPS) is 15.8. The van der Waals surface area contributed by atoms with Crippen LogP contribution in [0.3, 0.4) is 0 Å². The molecule has 3 nitrogen and oxygen atoms in total. The fraction of sp³-hybridized carbons (Fsp3) is 0.625. The molecule has 0 spiro atoms. The van der Waals surface area contributed by atoms with Crippen molar-refractivity contribution < 1.29 is 4.74 Å². The molecule has 106 valence electrons. The van der Waals surface area contributed by atoms with E-state index in [0.717, 1.165) is 31.9 Å². The van der Waals surface area contributed by atoms with Crippen molar-refractivity contribution in [1.82, 2.24) is 10.2 Å². The minimum atomic E-state index is 0.795. The summed E-state index contributed by atoms with van der Waals surface area (Å²) in [6.07, 6.45) is 5.12. The molecule has 1 fully saturated rings. The molecule has 1 saturated heterocycles. The lowest BCUT2D eigenvalue weighted by molar-refractivity contribution is 0.304. The molecule has 2 rings (SSSR count). The van der Waals surface area contributed by atoms with Crippen LogP contribution >= 0.6 is 0 Å². The van der Waals surface area contributed by atoms with E-state index < -0.39 is 0 Å². The SMILES string of the molecule is c1ccc(OCCCNCCCN2CCCC2)cc1. The molecule has 0 amide bonds. The number of ether oxygens (including phenoxy) is 1. The summed E-state index contributed by atoms with van der Waals surface area (Å²) < 4.78 is 5.65. The number of benzene rings is 1. The smallest absolute Gasteiger partial charge is 0.119 e. The minimum Gasteiger partial charge on any atom is -0.494 e. The Balaban J connectivity index is 1.38. The van der Waals surface area contributed by atoms with Gasteiger partial charge in [-0.15, -0.1) is 0 Å². The molecule has 1 N–H and O–H groups in total. The molecule has 1 aliphatic heterocycles. The Kier molecular flexibility index (Phi) is 6.75. The van der Waals surface area contributed by atoms with Gasteiger partial charge in [-0.25, -0.2) is 0 Å². The first-order valence-electron chi connectivity index (χ1n) is 7.56. The van der Waals surface area contributed by atoms with E-state index >= 15 is 0 Å². The predicted octanol–water partition coefficient (Wildman–Crippen LogP) is 2.53. The van der Waals surface area contributed by atoms with Crippen LogP contribution in [0.5, 0.6) is 5.75 Å². The fourth-order valence-corrected chi connectivity index (χ4v) is 2.46. The second-order valence-corrected chi connectivity index (χ2v) is 5.17. The summed E-state index contributed by atoms with van der Waals surface area (Å²) in [6, 6.07) is 10.0. The van der Waals surface area contributed by atoms with E-state index in [1.54, 1.807) is 0 Å². The lowest BCUT2D eigenvalue weighted by Gasteiger charge is -2.14. The van der Waals surface area contributed by atoms with Gasteiger partial charge in [-0.3, -0.25) is 0 Å². The van der Waals surface area contributed by atoms with Gasteiger partial charge in [-0.05, 0) is 70.5 Å². The number of nitrogens with zero attached hydrogens (tertiary/aromatic N) is 1. The first kappa shape index (κ1) is 14.4. The largest absolute Gasteiger partial charge is 0.494 e. The zero-order valence-corrected chi connectivity index (χ0v) is 11.8. The Bertz CT molecular complexity index is 323. The predicted molar refractivity (Wildman–Crippen MR) is 79.7 cm³/mol. The highest BCUT2D eigenvalue weighted by Crippen LogP contribution is 2.08. The molecule has 0 bridgehead atoms. The van der Waals surface area contributed by atoms with Gasteiger partial charge in [0.1, 0.15) is 5.75 Å². The molecule has 0 aliphatic carbocycles. The third-order valence-electron chi connectivity index (χ3n) is 3.54. The van der Waals surface area contributed by atoms with Gasteiger partial charge in [0.15, 0.2) is 0 Å². The lowest BCUT2D eigenvalue weighted by Crippen LogP contribution is -2.25. The van der Waals surface area contributed by atoms with Gasteiger partial charge < -0.3 is 15.0 Å². The third kappa shape index (κ3) is 6.08. The average molecular weight is 262 g/mol. The van der Waals surface area contributed by atoms with E-state index in [1.165, 1.54) is 38.9 Å². The summed E-state index contributed by atoms with van der Waals surface area (Å²) in [4.78, 5) is 2.57. The van der Waals surface area contributed by atoms with Crippen molar-refractivity contribution in [3.8, 4) is 5.75 Å². The van der Waals surface area contributed by atoms with Crippen LogP contribution in [0.25, 0.3) is 0 Å². The van der Waals surface area contributed by atoms with Crippen molar-refractivity contribution in [1.29, 1.82) is 0 Å². The van der Waals surface area contributed by atoms with Crippen LogP contribution in [-0.4, -0.2) is 44.2 Å². The van der Waals surface area contributed by atoms with Crippen molar-refractivity contribution in [2.24, 2.45) is 0 Å². The molecule has 0 atom stereocenters. The molecule has 0 saturated carbocycles. The van der Waals surface area contributed by atoms with Crippen LogP contribution in [0.1, 0.15) is 25.7 Å². The fourth-order valence-electron chi connectivity index (χ4n) is 2.46. The Morgan fingerprint density at radius 3 is 2.53 bits per heavy atom. The summed E-state index contributed by atoms with van der Waals surface area (Å²) in [5, 5.41) is 3.49. The van der Waals surface area contributed by atoms with E-state index in [9.17, 15) is 0 Å². The molecule has 0 aromatic heterocycles. The molecule has 3 heteroatoms. The summed E-state index contributed by atoms with van der Waals surface area (Å²) in [5.74, 6) is 0.969. The van der Waals surface area contributed by atoms with Gasteiger partial charge in [-0.1, -0.05) is 18.2 Å². The van der Waals surface area contributed by atoms with E-state index in [1.807, 2.05) is 30.3 Å². The number of rotatable bonds is 9. The minimum absolute atomic E-state index is 0.795.